The average molecular weight is 757 g/mol. The van der Waals surface area contributed by atoms with Crippen LogP contribution < -0.4 is 4.74 Å². The normalized spacial score (nSPS) is 11.7. The van der Waals surface area contributed by atoms with Gasteiger partial charge in [-0.25, -0.2) is 34.3 Å². The standard InChI is InChI=1S/C48H29FN6OS/c49-42-36(47-52-43(30-15-5-1-6-16-30)50-44(53-47)31-17-7-2-8-18-31)27-35(34-25-26-41-39(29-34)56-38-23-13-14-24-40(38)57-41)28-37(42)48-54-45(32-19-9-3-10-20-32)51-46(55-48)33-21-11-4-12-22-33/h1-29H. The van der Waals surface area contributed by atoms with Crippen molar-refractivity contribution >= 4 is 11.8 Å². The summed E-state index contributed by atoms with van der Waals surface area (Å²) in [6.45, 7) is 0. The lowest BCUT2D eigenvalue weighted by atomic mass is 9.97. The minimum atomic E-state index is -0.578. The summed E-state index contributed by atoms with van der Waals surface area (Å²) >= 11 is 1.65. The maximum absolute atomic E-state index is 17.7. The third kappa shape index (κ3) is 6.81. The van der Waals surface area contributed by atoms with Crippen LogP contribution in [0.25, 0.3) is 79.5 Å². The Bertz CT molecular complexity index is 2650. The third-order valence-corrected chi connectivity index (χ3v) is 10.6. The first-order valence-corrected chi connectivity index (χ1v) is 19.1. The largest absolute Gasteiger partial charge is 0.455 e. The molecule has 1 aliphatic rings. The molecule has 3 heterocycles. The van der Waals surface area contributed by atoms with Crippen molar-refractivity contribution in [1.29, 1.82) is 0 Å². The minimum absolute atomic E-state index is 0.167. The van der Waals surface area contributed by atoms with Crippen molar-refractivity contribution in [2.45, 2.75) is 9.79 Å². The molecule has 0 fully saturated rings. The van der Waals surface area contributed by atoms with Gasteiger partial charge in [0.15, 0.2) is 34.9 Å². The third-order valence-electron chi connectivity index (χ3n) is 9.52. The lowest BCUT2D eigenvalue weighted by Gasteiger charge is -2.20. The van der Waals surface area contributed by atoms with Crippen LogP contribution >= 0.6 is 11.8 Å². The van der Waals surface area contributed by atoms with Gasteiger partial charge < -0.3 is 4.74 Å². The van der Waals surface area contributed by atoms with E-state index in [2.05, 4.69) is 0 Å². The molecule has 0 unspecified atom stereocenters. The topological polar surface area (TPSA) is 86.6 Å². The van der Waals surface area contributed by atoms with Gasteiger partial charge in [0, 0.05) is 22.3 Å². The Kier molecular flexibility index (Phi) is 8.81. The summed E-state index contributed by atoms with van der Waals surface area (Å²) in [5.74, 6) is 2.92. The van der Waals surface area contributed by atoms with E-state index in [1.165, 1.54) is 0 Å². The number of para-hydroxylation sites is 1. The van der Waals surface area contributed by atoms with Crippen LogP contribution in [0, 0.1) is 5.82 Å². The molecule has 7 aromatic carbocycles. The Morgan fingerprint density at radius 2 is 0.719 bits per heavy atom. The van der Waals surface area contributed by atoms with Crippen LogP contribution in [-0.2, 0) is 0 Å². The number of rotatable bonds is 7. The highest BCUT2D eigenvalue weighted by atomic mass is 32.2. The quantitative estimate of drug-likeness (QED) is 0.159. The molecule has 0 radical (unpaired) electrons. The van der Waals surface area contributed by atoms with Gasteiger partial charge in [0.25, 0.3) is 0 Å². The Balaban J connectivity index is 1.21. The highest BCUT2D eigenvalue weighted by Crippen LogP contribution is 2.48. The summed E-state index contributed by atoms with van der Waals surface area (Å²) in [6, 6.07) is 56.0. The zero-order valence-electron chi connectivity index (χ0n) is 30.1. The second-order valence-electron chi connectivity index (χ2n) is 13.3. The molecule has 0 bridgehead atoms. The summed E-state index contributed by atoms with van der Waals surface area (Å²) in [5, 5.41) is 0. The predicted octanol–water partition coefficient (Wildman–Crippen LogP) is 12.1. The smallest absolute Gasteiger partial charge is 0.167 e. The second kappa shape index (κ2) is 14.7. The minimum Gasteiger partial charge on any atom is -0.455 e. The highest BCUT2D eigenvalue weighted by molar-refractivity contribution is 7.99. The number of nitrogens with zero attached hydrogens (tertiary/aromatic N) is 6. The van der Waals surface area contributed by atoms with Gasteiger partial charge in [0.1, 0.15) is 17.3 Å². The van der Waals surface area contributed by atoms with E-state index in [-0.39, 0.29) is 22.8 Å². The summed E-state index contributed by atoms with van der Waals surface area (Å²) < 4.78 is 24.1. The number of ether oxygens (including phenoxy) is 1. The number of halogens is 1. The van der Waals surface area contributed by atoms with Crippen LogP contribution in [-0.4, -0.2) is 29.9 Å². The molecule has 0 saturated carbocycles. The van der Waals surface area contributed by atoms with Crippen molar-refractivity contribution in [2.75, 3.05) is 0 Å². The number of fused-ring (bicyclic) bond motifs is 2. The van der Waals surface area contributed by atoms with Crippen molar-refractivity contribution in [3.63, 3.8) is 0 Å². The van der Waals surface area contributed by atoms with Gasteiger partial charge in [-0.2, -0.15) is 0 Å². The van der Waals surface area contributed by atoms with Crippen LogP contribution in [0.15, 0.2) is 186 Å². The maximum Gasteiger partial charge on any atom is 0.167 e. The molecule has 0 saturated heterocycles. The summed E-state index contributed by atoms with van der Waals surface area (Å²) in [6.07, 6.45) is 0. The first kappa shape index (κ1) is 34.2. The Morgan fingerprint density at radius 1 is 0.333 bits per heavy atom. The number of aromatic nitrogens is 6. The van der Waals surface area contributed by atoms with Crippen molar-refractivity contribution in [1.82, 2.24) is 29.9 Å². The van der Waals surface area contributed by atoms with Crippen molar-refractivity contribution < 1.29 is 9.13 Å². The first-order chi connectivity index (χ1) is 28.1. The van der Waals surface area contributed by atoms with Crippen LogP contribution in [0.3, 0.4) is 0 Å². The van der Waals surface area contributed by atoms with Gasteiger partial charge in [-0.3, -0.25) is 0 Å². The SMILES string of the molecule is Fc1c(-c2nc(-c3ccccc3)nc(-c3ccccc3)n2)cc(-c2ccc3c(c2)Oc2ccccc2S3)cc1-c1nc(-c2ccccc2)nc(-c2ccccc2)n1. The molecule has 1 aliphatic heterocycles. The van der Waals surface area contributed by atoms with Gasteiger partial charge in [-0.1, -0.05) is 151 Å². The van der Waals surface area contributed by atoms with E-state index >= 15 is 4.39 Å². The summed E-state index contributed by atoms with van der Waals surface area (Å²) in [4.78, 5) is 31.4. The molecular formula is C48H29FN6OS. The lowest BCUT2D eigenvalue weighted by molar-refractivity contribution is 0.455. The molecule has 2 aromatic heterocycles. The predicted molar refractivity (Wildman–Crippen MR) is 222 cm³/mol. The van der Waals surface area contributed by atoms with Crippen LogP contribution in [0.1, 0.15) is 0 Å². The van der Waals surface area contributed by atoms with E-state index < -0.39 is 5.82 Å². The molecule has 10 rings (SSSR count). The first-order valence-electron chi connectivity index (χ1n) is 18.3. The number of hydrogen-bond donors (Lipinski definition) is 0. The fourth-order valence-electron chi connectivity index (χ4n) is 6.68. The fourth-order valence-corrected chi connectivity index (χ4v) is 7.61. The van der Waals surface area contributed by atoms with Crippen LogP contribution in [0.5, 0.6) is 11.5 Å². The molecule has 9 aromatic rings. The second-order valence-corrected chi connectivity index (χ2v) is 14.4. The number of hydrogen-bond acceptors (Lipinski definition) is 8. The molecule has 0 amide bonds. The molecule has 7 nitrogen and oxygen atoms in total. The zero-order chi connectivity index (χ0) is 38.1. The van der Waals surface area contributed by atoms with Gasteiger partial charge in [-0.05, 0) is 47.5 Å². The van der Waals surface area contributed by atoms with Crippen molar-refractivity contribution in [2.24, 2.45) is 0 Å². The summed E-state index contributed by atoms with van der Waals surface area (Å²) in [5.41, 5.74) is 4.94. The van der Waals surface area contributed by atoms with E-state index in [0.717, 1.165) is 43.4 Å². The molecule has 0 spiro atoms. The van der Waals surface area contributed by atoms with Gasteiger partial charge in [0.2, 0.25) is 0 Å². The molecular weight excluding hydrogens is 728 g/mol. The monoisotopic (exact) mass is 756 g/mol. The van der Waals surface area contributed by atoms with Gasteiger partial charge in [0.05, 0.1) is 20.9 Å². The molecule has 0 atom stereocenters. The molecule has 270 valence electrons. The van der Waals surface area contributed by atoms with Crippen molar-refractivity contribution in [3.05, 3.63) is 182 Å². The lowest BCUT2D eigenvalue weighted by Crippen LogP contribution is -2.05. The molecule has 0 N–H and O–H groups in total. The maximum atomic E-state index is 17.7. The van der Waals surface area contributed by atoms with E-state index in [1.807, 2.05) is 164 Å². The molecule has 57 heavy (non-hydrogen) atoms. The average Bonchev–Trinajstić information content (AvgIpc) is 3.29. The Morgan fingerprint density at radius 3 is 1.18 bits per heavy atom. The molecule has 9 heteroatoms. The van der Waals surface area contributed by atoms with E-state index in [9.17, 15) is 0 Å². The number of benzene rings is 7. The Labute approximate surface area is 332 Å². The van der Waals surface area contributed by atoms with E-state index in [4.69, 9.17) is 34.6 Å². The molecule has 0 aliphatic carbocycles. The van der Waals surface area contributed by atoms with Crippen LogP contribution in [0.4, 0.5) is 4.39 Å². The summed E-state index contributed by atoms with van der Waals surface area (Å²) in [7, 11) is 0. The van der Waals surface area contributed by atoms with Crippen LogP contribution in [0.2, 0.25) is 0 Å². The highest BCUT2D eigenvalue weighted by Gasteiger charge is 2.24. The Hall–Kier alpha value is -7.36. The fraction of sp³-hybridized carbons (Fsp3) is 0. The van der Waals surface area contributed by atoms with E-state index in [0.29, 0.717) is 34.6 Å². The van der Waals surface area contributed by atoms with Gasteiger partial charge >= 0.3 is 0 Å². The van der Waals surface area contributed by atoms with E-state index in [1.54, 1.807) is 23.9 Å². The zero-order valence-corrected chi connectivity index (χ0v) is 30.9. The van der Waals surface area contributed by atoms with Gasteiger partial charge in [-0.15, -0.1) is 0 Å². The van der Waals surface area contributed by atoms with Crippen molar-refractivity contribution in [3.8, 4) is 91.0 Å².